The van der Waals surface area contributed by atoms with E-state index in [1.54, 1.807) is 4.72 Å². The normalized spacial score (nSPS) is 11.3. The molecule has 0 atom stereocenters. The van der Waals surface area contributed by atoms with Crippen LogP contribution in [0.4, 0.5) is 27.6 Å². The number of halogens is 5. The van der Waals surface area contributed by atoms with Gasteiger partial charge in [-0.25, -0.2) is 26.0 Å². The molecule has 0 unspecified atom stereocenters. The molecule has 26 heavy (non-hydrogen) atoms. The van der Waals surface area contributed by atoms with Crippen molar-refractivity contribution >= 4 is 15.7 Å². The fraction of sp³-hybridized carbons (Fsp3) is 0.200. The van der Waals surface area contributed by atoms with E-state index in [2.05, 4.69) is 9.47 Å². The Morgan fingerprint density at radius 3 is 2.15 bits per heavy atom. The zero-order valence-electron chi connectivity index (χ0n) is 13.4. The van der Waals surface area contributed by atoms with E-state index in [0.717, 1.165) is 12.1 Å². The van der Waals surface area contributed by atoms with Crippen LogP contribution in [0.25, 0.3) is 0 Å². The van der Waals surface area contributed by atoms with Gasteiger partial charge in [-0.1, -0.05) is 0 Å². The Hall–Kier alpha value is -2.56. The zero-order chi connectivity index (χ0) is 19.6. The second-order valence-electron chi connectivity index (χ2n) is 4.80. The van der Waals surface area contributed by atoms with Gasteiger partial charge in [0.15, 0.2) is 33.8 Å². The minimum Gasteiger partial charge on any atom is -0.494 e. The SMILES string of the molecule is CCOc1c(F)c(F)c(F)c(F)c1S(=O)(=O)Nc1ccc(OC)c(F)c1. The number of hydrogen-bond donors (Lipinski definition) is 1. The van der Waals surface area contributed by atoms with Gasteiger partial charge in [0, 0.05) is 6.07 Å². The Bertz CT molecular complexity index is 950. The summed E-state index contributed by atoms with van der Waals surface area (Å²) in [7, 11) is -3.82. The molecule has 0 amide bonds. The van der Waals surface area contributed by atoms with E-state index >= 15 is 0 Å². The van der Waals surface area contributed by atoms with Gasteiger partial charge in [0.25, 0.3) is 10.0 Å². The van der Waals surface area contributed by atoms with Crippen molar-refractivity contribution in [3.8, 4) is 11.5 Å². The minimum atomic E-state index is -5.00. The monoisotopic (exact) mass is 397 g/mol. The summed E-state index contributed by atoms with van der Waals surface area (Å²) in [4.78, 5) is -1.58. The van der Waals surface area contributed by atoms with Crippen LogP contribution in [-0.2, 0) is 10.0 Å². The topological polar surface area (TPSA) is 64.6 Å². The maximum absolute atomic E-state index is 14.0. The molecule has 0 bridgehead atoms. The summed E-state index contributed by atoms with van der Waals surface area (Å²) in [6, 6.07) is 2.83. The molecule has 0 radical (unpaired) electrons. The van der Waals surface area contributed by atoms with Gasteiger partial charge in [-0.2, -0.15) is 4.39 Å². The third kappa shape index (κ3) is 3.52. The molecule has 11 heteroatoms. The van der Waals surface area contributed by atoms with Crippen LogP contribution in [0, 0.1) is 29.1 Å². The van der Waals surface area contributed by atoms with Crippen molar-refractivity contribution in [2.75, 3.05) is 18.4 Å². The van der Waals surface area contributed by atoms with Crippen LogP contribution in [0.3, 0.4) is 0 Å². The van der Waals surface area contributed by atoms with Crippen molar-refractivity contribution in [3.63, 3.8) is 0 Å². The molecular weight excluding hydrogens is 385 g/mol. The van der Waals surface area contributed by atoms with Gasteiger partial charge in [0.2, 0.25) is 11.6 Å². The molecule has 5 nitrogen and oxygen atoms in total. The molecule has 0 aliphatic carbocycles. The smallest absolute Gasteiger partial charge is 0.268 e. The number of ether oxygens (including phenoxy) is 2. The van der Waals surface area contributed by atoms with Gasteiger partial charge in [0.1, 0.15) is 0 Å². The highest BCUT2D eigenvalue weighted by Crippen LogP contribution is 2.35. The molecule has 2 aromatic carbocycles. The quantitative estimate of drug-likeness (QED) is 0.460. The molecule has 0 aliphatic rings. The molecule has 0 heterocycles. The van der Waals surface area contributed by atoms with Gasteiger partial charge in [0.05, 0.1) is 19.4 Å². The van der Waals surface area contributed by atoms with Crippen LogP contribution in [0.5, 0.6) is 11.5 Å². The van der Waals surface area contributed by atoms with Gasteiger partial charge >= 0.3 is 0 Å². The van der Waals surface area contributed by atoms with Crippen molar-refractivity contribution in [3.05, 3.63) is 47.3 Å². The van der Waals surface area contributed by atoms with Crippen molar-refractivity contribution in [2.45, 2.75) is 11.8 Å². The summed E-state index contributed by atoms with van der Waals surface area (Å²) in [5, 5.41) is 0. The lowest BCUT2D eigenvalue weighted by molar-refractivity contribution is 0.288. The minimum absolute atomic E-state index is 0.201. The summed E-state index contributed by atoms with van der Waals surface area (Å²) < 4.78 is 104. The third-order valence-electron chi connectivity index (χ3n) is 3.14. The number of methoxy groups -OCH3 is 1. The maximum Gasteiger partial charge on any atom is 0.268 e. The Labute approximate surface area is 145 Å². The van der Waals surface area contributed by atoms with E-state index in [0.29, 0.717) is 6.07 Å². The van der Waals surface area contributed by atoms with Crippen LogP contribution in [0.2, 0.25) is 0 Å². The fourth-order valence-electron chi connectivity index (χ4n) is 2.04. The molecule has 0 saturated heterocycles. The maximum atomic E-state index is 14.0. The number of rotatable bonds is 6. The Kier molecular flexibility index (Phi) is 5.59. The van der Waals surface area contributed by atoms with Gasteiger partial charge in [-0.05, 0) is 19.1 Å². The molecule has 0 aliphatic heterocycles. The molecule has 2 rings (SSSR count). The van der Waals surface area contributed by atoms with Crippen molar-refractivity contribution in [1.29, 1.82) is 0 Å². The van der Waals surface area contributed by atoms with E-state index in [1.165, 1.54) is 14.0 Å². The van der Waals surface area contributed by atoms with E-state index in [1.807, 2.05) is 0 Å². The second kappa shape index (κ2) is 7.36. The standard InChI is InChI=1S/C15H12F5NO4S/c1-3-25-14-12(19)10(17)11(18)13(20)15(14)26(22,23)21-7-4-5-9(24-2)8(16)6-7/h4-6,21H,3H2,1-2H3. The lowest BCUT2D eigenvalue weighted by Crippen LogP contribution is -2.19. The lowest BCUT2D eigenvalue weighted by atomic mass is 10.3. The highest BCUT2D eigenvalue weighted by molar-refractivity contribution is 7.92. The molecular formula is C15H12F5NO4S. The van der Waals surface area contributed by atoms with Crippen LogP contribution in [0.15, 0.2) is 23.1 Å². The first-order valence-electron chi connectivity index (χ1n) is 6.99. The van der Waals surface area contributed by atoms with E-state index < -0.39 is 55.4 Å². The van der Waals surface area contributed by atoms with Crippen molar-refractivity contribution in [1.82, 2.24) is 0 Å². The van der Waals surface area contributed by atoms with Gasteiger partial charge < -0.3 is 9.47 Å². The van der Waals surface area contributed by atoms with E-state index in [9.17, 15) is 30.4 Å². The number of anilines is 1. The van der Waals surface area contributed by atoms with Crippen LogP contribution in [0.1, 0.15) is 6.92 Å². The Balaban J connectivity index is 2.60. The average Bonchev–Trinajstić information content (AvgIpc) is 2.57. The summed E-state index contributed by atoms with van der Waals surface area (Å²) in [5.41, 5.74) is -0.393. The van der Waals surface area contributed by atoms with Crippen LogP contribution in [-0.4, -0.2) is 22.1 Å². The molecule has 2 aromatic rings. The predicted molar refractivity (Wildman–Crippen MR) is 81.2 cm³/mol. The van der Waals surface area contributed by atoms with Crippen molar-refractivity contribution < 1.29 is 39.8 Å². The number of nitrogens with one attached hydrogen (secondary N) is 1. The average molecular weight is 397 g/mol. The highest BCUT2D eigenvalue weighted by atomic mass is 32.2. The van der Waals surface area contributed by atoms with Gasteiger partial charge in [-0.3, -0.25) is 4.72 Å². The largest absolute Gasteiger partial charge is 0.494 e. The third-order valence-corrected chi connectivity index (χ3v) is 4.55. The van der Waals surface area contributed by atoms with Crippen LogP contribution >= 0.6 is 0 Å². The summed E-state index contributed by atoms with van der Waals surface area (Å²) in [6.07, 6.45) is 0. The fourth-order valence-corrected chi connectivity index (χ4v) is 3.30. The highest BCUT2D eigenvalue weighted by Gasteiger charge is 2.34. The number of benzene rings is 2. The van der Waals surface area contributed by atoms with Crippen LogP contribution < -0.4 is 14.2 Å². The summed E-state index contributed by atoms with van der Waals surface area (Å²) >= 11 is 0. The molecule has 0 saturated carbocycles. The van der Waals surface area contributed by atoms with E-state index in [4.69, 9.17) is 0 Å². The second-order valence-corrected chi connectivity index (χ2v) is 6.42. The predicted octanol–water partition coefficient (Wildman–Crippen LogP) is 3.59. The first-order valence-corrected chi connectivity index (χ1v) is 8.47. The molecule has 0 spiro atoms. The first-order chi connectivity index (χ1) is 12.1. The zero-order valence-corrected chi connectivity index (χ0v) is 14.2. The number of hydrogen-bond acceptors (Lipinski definition) is 4. The van der Waals surface area contributed by atoms with Crippen molar-refractivity contribution in [2.24, 2.45) is 0 Å². The molecule has 1 N–H and O–H groups in total. The molecule has 0 fully saturated rings. The number of sulfonamides is 1. The Morgan fingerprint density at radius 2 is 1.62 bits per heavy atom. The molecule has 0 aromatic heterocycles. The lowest BCUT2D eigenvalue weighted by Gasteiger charge is -2.15. The first kappa shape index (κ1) is 19.8. The summed E-state index contributed by atoms with van der Waals surface area (Å²) in [6.45, 7) is 0.933. The van der Waals surface area contributed by atoms with E-state index in [-0.39, 0.29) is 12.4 Å². The molecule has 142 valence electrons. The Morgan fingerprint density at radius 1 is 1.00 bits per heavy atom. The summed E-state index contributed by atoms with van der Waals surface area (Å²) in [5.74, 6) is -11.2. The van der Waals surface area contributed by atoms with Gasteiger partial charge in [-0.15, -0.1) is 0 Å².